The number of nitrogens with one attached hydrogen (secondary N) is 1. The summed E-state index contributed by atoms with van der Waals surface area (Å²) < 4.78 is 0. The van der Waals surface area contributed by atoms with E-state index in [1.54, 1.807) is 0 Å². The van der Waals surface area contributed by atoms with E-state index in [-0.39, 0.29) is 0 Å². The second-order valence-corrected chi connectivity index (χ2v) is 8.44. The van der Waals surface area contributed by atoms with Gasteiger partial charge in [0.15, 0.2) is 0 Å². The van der Waals surface area contributed by atoms with E-state index in [9.17, 15) is 0 Å². The maximum absolute atomic E-state index is 3.82. The topological polar surface area (TPSA) is 12.0 Å². The molecule has 18 heavy (non-hydrogen) atoms. The largest absolute Gasteiger partial charge is 0.313 e. The van der Waals surface area contributed by atoms with Crippen LogP contribution >= 0.6 is 0 Å². The monoisotopic (exact) mass is 253 g/mol. The Bertz CT molecular complexity index is 239. The van der Waals surface area contributed by atoms with Crippen molar-refractivity contribution in [3.8, 4) is 0 Å². The van der Waals surface area contributed by atoms with Crippen LogP contribution in [-0.2, 0) is 0 Å². The molecule has 1 nitrogen and oxygen atoms in total. The lowest BCUT2D eigenvalue weighted by Gasteiger charge is -2.39. The van der Waals surface area contributed by atoms with Gasteiger partial charge in [0, 0.05) is 12.6 Å². The van der Waals surface area contributed by atoms with Crippen molar-refractivity contribution in [3.05, 3.63) is 0 Å². The zero-order valence-electron chi connectivity index (χ0n) is 13.8. The fourth-order valence-electron chi connectivity index (χ4n) is 2.78. The van der Waals surface area contributed by atoms with Gasteiger partial charge in [-0.15, -0.1) is 0 Å². The maximum Gasteiger partial charge on any atom is 0.00675 e. The minimum Gasteiger partial charge on any atom is -0.313 e. The third kappa shape index (κ3) is 4.57. The van der Waals surface area contributed by atoms with Crippen molar-refractivity contribution in [2.24, 2.45) is 22.7 Å². The Kier molecular flexibility index (Phi) is 5.29. The molecule has 1 heteroatoms. The Hall–Kier alpha value is -0.0400. The Morgan fingerprint density at radius 1 is 0.944 bits per heavy atom. The van der Waals surface area contributed by atoms with Gasteiger partial charge < -0.3 is 5.32 Å². The molecule has 0 aliphatic heterocycles. The minimum atomic E-state index is 0.418. The SMILES string of the molecule is CC(C)C(C)(C)CNC1CCC(C(C)(C)C)CC1. The van der Waals surface area contributed by atoms with Gasteiger partial charge in [0.25, 0.3) is 0 Å². The summed E-state index contributed by atoms with van der Waals surface area (Å²) in [7, 11) is 0. The third-order valence-electron chi connectivity index (χ3n) is 5.36. The van der Waals surface area contributed by atoms with Crippen LogP contribution in [0.15, 0.2) is 0 Å². The van der Waals surface area contributed by atoms with Gasteiger partial charge in [0.05, 0.1) is 0 Å². The summed E-state index contributed by atoms with van der Waals surface area (Å²) in [6.07, 6.45) is 5.55. The molecule has 1 rings (SSSR count). The molecule has 0 aromatic carbocycles. The lowest BCUT2D eigenvalue weighted by atomic mass is 9.71. The smallest absolute Gasteiger partial charge is 0.00675 e. The van der Waals surface area contributed by atoms with Crippen molar-refractivity contribution in [1.29, 1.82) is 0 Å². The lowest BCUT2D eigenvalue weighted by Crippen LogP contribution is -2.42. The normalized spacial score (nSPS) is 26.7. The molecule has 0 radical (unpaired) electrons. The average Bonchev–Trinajstić information content (AvgIpc) is 2.25. The minimum absolute atomic E-state index is 0.418. The van der Waals surface area contributed by atoms with Crippen molar-refractivity contribution < 1.29 is 0 Å². The number of hydrogen-bond donors (Lipinski definition) is 1. The third-order valence-corrected chi connectivity index (χ3v) is 5.36. The highest BCUT2D eigenvalue weighted by atomic mass is 14.9. The zero-order valence-corrected chi connectivity index (χ0v) is 13.8. The molecule has 1 saturated carbocycles. The first-order valence-corrected chi connectivity index (χ1v) is 7.86. The van der Waals surface area contributed by atoms with Gasteiger partial charge >= 0.3 is 0 Å². The van der Waals surface area contributed by atoms with Crippen molar-refractivity contribution in [2.45, 2.75) is 80.2 Å². The van der Waals surface area contributed by atoms with E-state index in [0.717, 1.165) is 24.4 Å². The number of hydrogen-bond acceptors (Lipinski definition) is 1. The van der Waals surface area contributed by atoms with Crippen molar-refractivity contribution >= 4 is 0 Å². The summed E-state index contributed by atoms with van der Waals surface area (Å²) in [6, 6.07) is 0.765. The predicted molar refractivity (Wildman–Crippen MR) is 81.8 cm³/mol. The molecule has 0 bridgehead atoms. The van der Waals surface area contributed by atoms with E-state index >= 15 is 0 Å². The first kappa shape index (κ1) is 16.0. The Labute approximate surface area is 115 Å². The van der Waals surface area contributed by atoms with Gasteiger partial charge in [-0.3, -0.25) is 0 Å². The van der Waals surface area contributed by atoms with Gasteiger partial charge in [-0.2, -0.15) is 0 Å². The van der Waals surface area contributed by atoms with Crippen molar-refractivity contribution in [1.82, 2.24) is 5.32 Å². The first-order chi connectivity index (χ1) is 8.13. The maximum atomic E-state index is 3.82. The summed E-state index contributed by atoms with van der Waals surface area (Å²) in [4.78, 5) is 0. The Morgan fingerprint density at radius 2 is 1.44 bits per heavy atom. The molecular formula is C17H35N. The molecule has 1 aliphatic carbocycles. The van der Waals surface area contributed by atoms with Crippen LogP contribution in [0, 0.1) is 22.7 Å². The van der Waals surface area contributed by atoms with Crippen molar-refractivity contribution in [2.75, 3.05) is 6.54 Å². The van der Waals surface area contributed by atoms with Gasteiger partial charge in [0.2, 0.25) is 0 Å². The highest BCUT2D eigenvalue weighted by Crippen LogP contribution is 2.38. The molecule has 0 unspecified atom stereocenters. The lowest BCUT2D eigenvalue weighted by molar-refractivity contribution is 0.148. The Morgan fingerprint density at radius 3 is 1.83 bits per heavy atom. The predicted octanol–water partition coefficient (Wildman–Crippen LogP) is 4.86. The molecule has 0 amide bonds. The van der Waals surface area contributed by atoms with Crippen LogP contribution in [0.3, 0.4) is 0 Å². The van der Waals surface area contributed by atoms with Crippen LogP contribution in [0.5, 0.6) is 0 Å². The second kappa shape index (κ2) is 5.94. The first-order valence-electron chi connectivity index (χ1n) is 7.86. The second-order valence-electron chi connectivity index (χ2n) is 8.44. The molecule has 0 aromatic rings. The summed E-state index contributed by atoms with van der Waals surface area (Å²) in [5.74, 6) is 1.67. The van der Waals surface area contributed by atoms with Crippen LogP contribution in [0.2, 0.25) is 0 Å². The molecule has 1 aliphatic rings. The van der Waals surface area contributed by atoms with Gasteiger partial charge in [-0.1, -0.05) is 48.5 Å². The summed E-state index contributed by atoms with van der Waals surface area (Å²) >= 11 is 0. The van der Waals surface area contributed by atoms with Gasteiger partial charge in [-0.05, 0) is 48.3 Å². The standard InChI is InChI=1S/C17H35N/c1-13(2)17(6,7)12-18-15-10-8-14(9-11-15)16(3,4)5/h13-15,18H,8-12H2,1-7H3. The molecular weight excluding hydrogens is 218 g/mol. The van der Waals surface area contributed by atoms with Gasteiger partial charge in [0.1, 0.15) is 0 Å². The van der Waals surface area contributed by atoms with Gasteiger partial charge in [-0.25, -0.2) is 0 Å². The molecule has 0 atom stereocenters. The Balaban J connectivity index is 2.32. The summed E-state index contributed by atoms with van der Waals surface area (Å²) in [6.45, 7) is 17.8. The summed E-state index contributed by atoms with van der Waals surface area (Å²) in [5, 5.41) is 3.82. The van der Waals surface area contributed by atoms with E-state index in [2.05, 4.69) is 53.8 Å². The molecule has 0 aromatic heterocycles. The van der Waals surface area contributed by atoms with Crippen LogP contribution in [-0.4, -0.2) is 12.6 Å². The molecule has 1 fully saturated rings. The summed E-state index contributed by atoms with van der Waals surface area (Å²) in [5.41, 5.74) is 0.920. The van der Waals surface area contributed by atoms with Crippen LogP contribution in [0.25, 0.3) is 0 Å². The molecule has 1 N–H and O–H groups in total. The average molecular weight is 253 g/mol. The molecule has 108 valence electrons. The molecule has 0 heterocycles. The van der Waals surface area contributed by atoms with E-state index in [0.29, 0.717) is 10.8 Å². The fraction of sp³-hybridized carbons (Fsp3) is 1.00. The highest BCUT2D eigenvalue weighted by molar-refractivity contribution is 4.85. The van der Waals surface area contributed by atoms with Crippen LogP contribution < -0.4 is 5.32 Å². The van der Waals surface area contributed by atoms with E-state index in [4.69, 9.17) is 0 Å². The quantitative estimate of drug-likeness (QED) is 0.754. The number of rotatable bonds is 4. The molecule has 0 spiro atoms. The highest BCUT2D eigenvalue weighted by Gasteiger charge is 2.30. The fourth-order valence-corrected chi connectivity index (χ4v) is 2.78. The van der Waals surface area contributed by atoms with Crippen LogP contribution in [0.1, 0.15) is 74.1 Å². The van der Waals surface area contributed by atoms with E-state index in [1.807, 2.05) is 0 Å². The van der Waals surface area contributed by atoms with Crippen molar-refractivity contribution in [3.63, 3.8) is 0 Å². The van der Waals surface area contributed by atoms with E-state index < -0.39 is 0 Å². The van der Waals surface area contributed by atoms with E-state index in [1.165, 1.54) is 25.7 Å². The molecule has 0 saturated heterocycles. The van der Waals surface area contributed by atoms with Crippen LogP contribution in [0.4, 0.5) is 0 Å². The zero-order chi connectivity index (χ0) is 14.0.